The molecule has 0 saturated carbocycles. The number of hydrogen-bond donors (Lipinski definition) is 3. The molecule has 0 fully saturated rings. The fraction of sp³-hybridized carbons (Fsp3) is 0.0588. The van der Waals surface area contributed by atoms with Gasteiger partial charge in [0, 0.05) is 21.6 Å². The van der Waals surface area contributed by atoms with Crippen molar-refractivity contribution < 1.29 is 8.42 Å². The van der Waals surface area contributed by atoms with E-state index in [9.17, 15) is 8.42 Å². The van der Waals surface area contributed by atoms with Crippen LogP contribution in [0.3, 0.4) is 0 Å². The summed E-state index contributed by atoms with van der Waals surface area (Å²) in [6, 6.07) is 12.0. The van der Waals surface area contributed by atoms with Gasteiger partial charge in [0.05, 0.1) is 10.3 Å². The number of aromatic nitrogens is 3. The number of anilines is 2. The second-order valence-corrected chi connectivity index (χ2v) is 7.94. The summed E-state index contributed by atoms with van der Waals surface area (Å²) in [6.07, 6.45) is 1.44. The van der Waals surface area contributed by atoms with Crippen LogP contribution in [0.25, 0.3) is 21.9 Å². The van der Waals surface area contributed by atoms with Gasteiger partial charge in [-0.3, -0.25) is 0 Å². The first-order valence-electron chi connectivity index (χ1n) is 7.70. The lowest BCUT2D eigenvalue weighted by atomic mass is 10.2. The molecule has 2 heterocycles. The van der Waals surface area contributed by atoms with Gasteiger partial charge in [-0.15, -0.1) is 0 Å². The lowest BCUT2D eigenvalue weighted by Crippen LogP contribution is -2.18. The Labute approximate surface area is 154 Å². The average molecular weight is 388 g/mol. The smallest absolute Gasteiger partial charge is 0.240 e. The Bertz CT molecular complexity index is 1240. The molecular weight excluding hydrogens is 374 g/mol. The Hall–Kier alpha value is -2.68. The molecule has 4 aromatic rings. The molecule has 0 amide bonds. The summed E-state index contributed by atoms with van der Waals surface area (Å²) >= 11 is 6.13. The minimum Gasteiger partial charge on any atom is -0.340 e. The second kappa shape index (κ2) is 6.24. The van der Waals surface area contributed by atoms with Gasteiger partial charge >= 0.3 is 0 Å². The van der Waals surface area contributed by atoms with Crippen LogP contribution < -0.4 is 10.0 Å². The number of sulfonamides is 1. The van der Waals surface area contributed by atoms with Crippen LogP contribution in [0, 0.1) is 0 Å². The Morgan fingerprint density at radius 3 is 2.77 bits per heavy atom. The molecule has 3 N–H and O–H groups in total. The van der Waals surface area contributed by atoms with Crippen molar-refractivity contribution in [2.75, 3.05) is 12.4 Å². The van der Waals surface area contributed by atoms with Crippen molar-refractivity contribution in [1.29, 1.82) is 0 Å². The molecule has 132 valence electrons. The fourth-order valence-electron chi connectivity index (χ4n) is 2.79. The number of rotatable bonds is 4. The molecular formula is C17H14ClN5O2S. The van der Waals surface area contributed by atoms with E-state index in [1.165, 1.54) is 19.4 Å². The first-order valence-corrected chi connectivity index (χ1v) is 9.56. The van der Waals surface area contributed by atoms with Crippen LogP contribution in [-0.2, 0) is 10.0 Å². The highest BCUT2D eigenvalue weighted by Crippen LogP contribution is 2.32. The summed E-state index contributed by atoms with van der Waals surface area (Å²) in [5.74, 6) is 0.558. The predicted molar refractivity (Wildman–Crippen MR) is 102 cm³/mol. The fourth-order valence-corrected chi connectivity index (χ4v) is 3.73. The first kappa shape index (κ1) is 16.8. The maximum atomic E-state index is 12.0. The van der Waals surface area contributed by atoms with Crippen molar-refractivity contribution in [3.63, 3.8) is 0 Å². The summed E-state index contributed by atoms with van der Waals surface area (Å²) < 4.78 is 26.3. The number of aromatic amines is 1. The zero-order valence-corrected chi connectivity index (χ0v) is 15.2. The zero-order chi connectivity index (χ0) is 18.3. The van der Waals surface area contributed by atoms with E-state index in [-0.39, 0.29) is 4.90 Å². The van der Waals surface area contributed by atoms with E-state index in [2.05, 4.69) is 25.0 Å². The summed E-state index contributed by atoms with van der Waals surface area (Å²) in [6.45, 7) is 0. The third kappa shape index (κ3) is 2.88. The second-order valence-electron chi connectivity index (χ2n) is 5.62. The van der Waals surface area contributed by atoms with Crippen molar-refractivity contribution in [2.45, 2.75) is 4.90 Å². The molecule has 9 heteroatoms. The molecule has 0 spiro atoms. The Kier molecular flexibility index (Phi) is 4.03. The molecule has 2 aromatic carbocycles. The standard InChI is InChI=1S/C17H14ClN5O2S/c1-19-26(24,25)12-4-2-3-11(8-12)22-16-15-13-7-10(18)5-6-14(13)23-17(15)21-9-20-16/h2-9,19H,1H3,(H2,20,21,22,23). The van der Waals surface area contributed by atoms with Crippen LogP contribution in [0.5, 0.6) is 0 Å². The number of H-pyrrole nitrogens is 1. The topological polar surface area (TPSA) is 99.8 Å². The number of nitrogens with one attached hydrogen (secondary N) is 3. The number of nitrogens with zero attached hydrogens (tertiary/aromatic N) is 2. The zero-order valence-electron chi connectivity index (χ0n) is 13.6. The van der Waals surface area contributed by atoms with Gasteiger partial charge in [0.25, 0.3) is 0 Å². The number of benzene rings is 2. The van der Waals surface area contributed by atoms with Crippen molar-refractivity contribution in [2.24, 2.45) is 0 Å². The molecule has 0 radical (unpaired) electrons. The third-order valence-electron chi connectivity index (χ3n) is 4.03. The largest absolute Gasteiger partial charge is 0.340 e. The Morgan fingerprint density at radius 1 is 1.12 bits per heavy atom. The van der Waals surface area contributed by atoms with E-state index in [0.29, 0.717) is 22.2 Å². The quantitative estimate of drug-likeness (QED) is 0.498. The van der Waals surface area contributed by atoms with Gasteiger partial charge in [-0.05, 0) is 43.4 Å². The normalized spacial score (nSPS) is 11.9. The highest BCUT2D eigenvalue weighted by Gasteiger charge is 2.14. The van der Waals surface area contributed by atoms with Crippen LogP contribution in [0.2, 0.25) is 5.02 Å². The van der Waals surface area contributed by atoms with E-state index >= 15 is 0 Å². The highest BCUT2D eigenvalue weighted by atomic mass is 35.5. The Morgan fingerprint density at radius 2 is 1.96 bits per heavy atom. The molecule has 7 nitrogen and oxygen atoms in total. The summed E-state index contributed by atoms with van der Waals surface area (Å²) in [7, 11) is -2.16. The average Bonchev–Trinajstić information content (AvgIpc) is 3.01. The third-order valence-corrected chi connectivity index (χ3v) is 5.67. The molecule has 2 aromatic heterocycles. The van der Waals surface area contributed by atoms with Gasteiger partial charge in [0.1, 0.15) is 17.8 Å². The van der Waals surface area contributed by atoms with Gasteiger partial charge in [0.2, 0.25) is 10.0 Å². The van der Waals surface area contributed by atoms with Crippen molar-refractivity contribution in [3.05, 3.63) is 53.8 Å². The number of halogens is 1. The van der Waals surface area contributed by atoms with Crippen molar-refractivity contribution in [1.82, 2.24) is 19.7 Å². The van der Waals surface area contributed by atoms with Crippen molar-refractivity contribution in [3.8, 4) is 0 Å². The van der Waals surface area contributed by atoms with E-state index in [4.69, 9.17) is 11.6 Å². The van der Waals surface area contributed by atoms with E-state index < -0.39 is 10.0 Å². The van der Waals surface area contributed by atoms with Gasteiger partial charge in [-0.1, -0.05) is 17.7 Å². The van der Waals surface area contributed by atoms with Gasteiger partial charge in [0.15, 0.2) is 0 Å². The number of fused-ring (bicyclic) bond motifs is 3. The molecule has 0 unspecified atom stereocenters. The van der Waals surface area contributed by atoms with Crippen LogP contribution in [0.15, 0.2) is 53.7 Å². The Balaban J connectivity index is 1.85. The van der Waals surface area contributed by atoms with E-state index in [1.807, 2.05) is 12.1 Å². The molecule has 0 aliphatic carbocycles. The van der Waals surface area contributed by atoms with Crippen LogP contribution >= 0.6 is 11.6 Å². The summed E-state index contributed by atoms with van der Waals surface area (Å²) in [5, 5.41) is 5.45. The maximum absolute atomic E-state index is 12.0. The molecule has 0 saturated heterocycles. The van der Waals surface area contributed by atoms with E-state index in [1.54, 1.807) is 24.3 Å². The highest BCUT2D eigenvalue weighted by molar-refractivity contribution is 7.89. The maximum Gasteiger partial charge on any atom is 0.240 e. The summed E-state index contributed by atoms with van der Waals surface area (Å²) in [5.41, 5.74) is 2.15. The first-order chi connectivity index (χ1) is 12.5. The van der Waals surface area contributed by atoms with Gasteiger partial charge < -0.3 is 10.3 Å². The van der Waals surface area contributed by atoms with E-state index in [0.717, 1.165) is 16.3 Å². The minimum absolute atomic E-state index is 0.164. The monoisotopic (exact) mass is 387 g/mol. The van der Waals surface area contributed by atoms with Crippen molar-refractivity contribution >= 4 is 55.1 Å². The number of hydrogen-bond acceptors (Lipinski definition) is 5. The lowest BCUT2D eigenvalue weighted by Gasteiger charge is -2.09. The van der Waals surface area contributed by atoms with Gasteiger partial charge in [-0.2, -0.15) is 0 Å². The van der Waals surface area contributed by atoms with Gasteiger partial charge in [-0.25, -0.2) is 23.1 Å². The van der Waals surface area contributed by atoms with Crippen LogP contribution in [-0.4, -0.2) is 30.4 Å². The predicted octanol–water partition coefficient (Wildman–Crippen LogP) is 3.42. The summed E-state index contributed by atoms with van der Waals surface area (Å²) in [4.78, 5) is 12.0. The molecule has 0 aliphatic rings. The molecule has 0 bridgehead atoms. The molecule has 0 atom stereocenters. The minimum atomic E-state index is -3.53. The van der Waals surface area contributed by atoms with Crippen LogP contribution in [0.4, 0.5) is 11.5 Å². The SMILES string of the molecule is CNS(=O)(=O)c1cccc(Nc2ncnc3[nH]c4ccc(Cl)cc4c23)c1. The molecule has 4 rings (SSSR count). The molecule has 0 aliphatic heterocycles. The lowest BCUT2D eigenvalue weighted by molar-refractivity contribution is 0.588. The van der Waals surface area contributed by atoms with Crippen LogP contribution in [0.1, 0.15) is 0 Å². The molecule has 26 heavy (non-hydrogen) atoms.